The van der Waals surface area contributed by atoms with Crippen molar-refractivity contribution in [3.05, 3.63) is 107 Å². The largest absolute Gasteiger partial charge is 0.305 e. The van der Waals surface area contributed by atoms with Crippen LogP contribution in [0.2, 0.25) is 0 Å². The summed E-state index contributed by atoms with van der Waals surface area (Å²) in [4.78, 5) is 10.5. The van der Waals surface area contributed by atoms with Crippen LogP contribution < -0.4 is 0 Å². The van der Waals surface area contributed by atoms with Gasteiger partial charge in [0.2, 0.25) is 0 Å². The van der Waals surface area contributed by atoms with E-state index in [2.05, 4.69) is 67.1 Å². The molecule has 0 fully saturated rings. The van der Waals surface area contributed by atoms with E-state index in [1.165, 1.54) is 46.9 Å². The predicted molar refractivity (Wildman–Crippen MR) is 148 cm³/mol. The van der Waals surface area contributed by atoms with Gasteiger partial charge in [0.1, 0.15) is 0 Å². The van der Waals surface area contributed by atoms with Crippen molar-refractivity contribution in [3.63, 3.8) is 0 Å². The molecule has 0 spiro atoms. The number of hydrogen-bond donors (Lipinski definition) is 0. The van der Waals surface area contributed by atoms with Gasteiger partial charge in [0.15, 0.2) is 0 Å². The Labute approximate surface area is 232 Å². The fraction of sp³-hybridized carbons (Fsp3) is 0.250. The monoisotopic (exact) mass is 667 g/mol. The minimum absolute atomic E-state index is 0. The fourth-order valence-corrected chi connectivity index (χ4v) is 5.92. The summed E-state index contributed by atoms with van der Waals surface area (Å²) >= 11 is 1.96. The molecule has 0 saturated carbocycles. The molecule has 6 rings (SSSR count). The van der Waals surface area contributed by atoms with Gasteiger partial charge in [0.05, 0.1) is 0 Å². The quantitative estimate of drug-likeness (QED) is 0.177. The number of fused-ring (bicyclic) bond motifs is 3. The van der Waals surface area contributed by atoms with Crippen LogP contribution in [0.4, 0.5) is 0 Å². The van der Waals surface area contributed by atoms with Crippen molar-refractivity contribution in [1.29, 1.82) is 0 Å². The van der Waals surface area contributed by atoms with E-state index in [0.717, 1.165) is 17.0 Å². The molecule has 1 aliphatic rings. The van der Waals surface area contributed by atoms with Crippen molar-refractivity contribution < 1.29 is 20.1 Å². The zero-order valence-electron chi connectivity index (χ0n) is 21.0. The summed E-state index contributed by atoms with van der Waals surface area (Å²) in [6.45, 7) is 6.75. The van der Waals surface area contributed by atoms with Crippen molar-refractivity contribution in [3.8, 4) is 22.5 Å². The van der Waals surface area contributed by atoms with Crippen molar-refractivity contribution in [2.45, 2.75) is 51.9 Å². The van der Waals surface area contributed by atoms with E-state index in [4.69, 9.17) is 0 Å². The van der Waals surface area contributed by atoms with Crippen LogP contribution in [0.25, 0.3) is 32.6 Å². The summed E-state index contributed by atoms with van der Waals surface area (Å²) in [5.41, 5.74) is 7.29. The van der Waals surface area contributed by atoms with Crippen LogP contribution >= 0.6 is 11.3 Å². The van der Waals surface area contributed by atoms with Crippen molar-refractivity contribution in [2.75, 3.05) is 0 Å². The predicted octanol–water partition coefficient (Wildman–Crippen LogP) is 8.49. The molecule has 0 N–H and O–H groups in total. The van der Waals surface area contributed by atoms with Crippen molar-refractivity contribution in [1.82, 2.24) is 9.97 Å². The Balaban J connectivity index is 0.000000198. The Morgan fingerprint density at radius 1 is 0.806 bits per heavy atom. The molecule has 185 valence electrons. The van der Waals surface area contributed by atoms with E-state index in [9.17, 15) is 0 Å². The molecule has 0 atom stereocenters. The van der Waals surface area contributed by atoms with Crippen LogP contribution in [-0.2, 0) is 38.4 Å². The van der Waals surface area contributed by atoms with Gasteiger partial charge in [-0.1, -0.05) is 44.4 Å². The zero-order valence-corrected chi connectivity index (χ0v) is 24.2. The summed E-state index contributed by atoms with van der Waals surface area (Å²) in [6, 6.07) is 29.0. The molecule has 0 aliphatic heterocycles. The maximum Gasteiger partial charge on any atom is 0.0163 e. The standard InChI is InChI=1S/C21H22NS.C11H8N.Ir/c1-21(2,3)14-11-12-22-18(13-14)17-9-6-8-16-15-7-4-5-10-19(15)23-20(16)17;1-2-6-10(7-3-1)11-8-4-5-9-12-11;/h6,8,11-13H,4-5,7,10H2,1-3H3;1-6,8-9H;/q2*-1;. The van der Waals surface area contributed by atoms with E-state index in [-0.39, 0.29) is 25.5 Å². The number of aryl methyl sites for hydroxylation is 2. The zero-order chi connectivity index (χ0) is 24.3. The van der Waals surface area contributed by atoms with Crippen molar-refractivity contribution >= 4 is 21.4 Å². The molecule has 4 heteroatoms. The normalized spacial score (nSPS) is 12.8. The van der Waals surface area contributed by atoms with Crippen LogP contribution in [0, 0.1) is 12.1 Å². The Hall–Kier alpha value is -2.65. The van der Waals surface area contributed by atoms with Gasteiger partial charge in [-0.05, 0) is 75.3 Å². The molecular formula is C32H30IrN2S-2. The Morgan fingerprint density at radius 2 is 1.61 bits per heavy atom. The molecule has 5 aromatic rings. The first-order valence-corrected chi connectivity index (χ1v) is 13.1. The molecule has 3 aromatic heterocycles. The van der Waals surface area contributed by atoms with Crippen LogP contribution in [0.5, 0.6) is 0 Å². The maximum atomic E-state index is 4.65. The Kier molecular flexibility index (Phi) is 8.51. The van der Waals surface area contributed by atoms with Gasteiger partial charge in [-0.3, -0.25) is 0 Å². The Bertz CT molecular complexity index is 1380. The third-order valence-electron chi connectivity index (χ3n) is 6.45. The molecule has 3 heterocycles. The minimum Gasteiger partial charge on any atom is -0.305 e. The van der Waals surface area contributed by atoms with Gasteiger partial charge < -0.3 is 9.97 Å². The van der Waals surface area contributed by atoms with Gasteiger partial charge in [0.25, 0.3) is 0 Å². The molecule has 2 nitrogen and oxygen atoms in total. The summed E-state index contributed by atoms with van der Waals surface area (Å²) in [6.07, 6.45) is 8.85. The Morgan fingerprint density at radius 3 is 2.36 bits per heavy atom. The average molecular weight is 667 g/mol. The first-order valence-electron chi connectivity index (χ1n) is 12.3. The molecular weight excluding hydrogens is 637 g/mol. The average Bonchev–Trinajstić information content (AvgIpc) is 3.29. The second-order valence-corrected chi connectivity index (χ2v) is 11.1. The number of rotatable bonds is 2. The molecule has 36 heavy (non-hydrogen) atoms. The van der Waals surface area contributed by atoms with Gasteiger partial charge in [-0.15, -0.1) is 59.7 Å². The summed E-state index contributed by atoms with van der Waals surface area (Å²) in [7, 11) is 0. The molecule has 2 aromatic carbocycles. The van der Waals surface area contributed by atoms with E-state index in [1.54, 1.807) is 16.6 Å². The van der Waals surface area contributed by atoms with Gasteiger partial charge >= 0.3 is 0 Å². The second-order valence-electron chi connectivity index (χ2n) is 9.98. The number of aromatic nitrogens is 2. The molecule has 0 saturated heterocycles. The maximum absolute atomic E-state index is 4.65. The van der Waals surface area contributed by atoms with Crippen molar-refractivity contribution in [2.24, 2.45) is 0 Å². The fourth-order valence-electron chi connectivity index (χ4n) is 4.52. The van der Waals surface area contributed by atoms with E-state index < -0.39 is 0 Å². The van der Waals surface area contributed by atoms with Gasteiger partial charge in [-0.2, -0.15) is 11.3 Å². The topological polar surface area (TPSA) is 25.8 Å². The SMILES string of the molecule is CC(C)(C)c1ccnc(-c2[c-]ccc3c4c(sc23)CCCC4)c1.[Ir].[c-]1ccccc1-c1ccccn1. The molecule has 0 unspecified atom stereocenters. The summed E-state index contributed by atoms with van der Waals surface area (Å²) in [5.74, 6) is 0. The first kappa shape index (κ1) is 26.4. The molecule has 0 amide bonds. The van der Waals surface area contributed by atoms with E-state index >= 15 is 0 Å². The molecule has 0 bridgehead atoms. The number of nitrogens with zero attached hydrogens (tertiary/aromatic N) is 2. The number of pyridine rings is 2. The summed E-state index contributed by atoms with van der Waals surface area (Å²) in [5, 5.41) is 1.43. The van der Waals surface area contributed by atoms with Gasteiger partial charge in [-0.25, -0.2) is 0 Å². The van der Waals surface area contributed by atoms with E-state index in [0.29, 0.717) is 0 Å². The number of thiophene rings is 1. The summed E-state index contributed by atoms with van der Waals surface area (Å²) < 4.78 is 1.37. The minimum atomic E-state index is 0. The smallest absolute Gasteiger partial charge is 0.0163 e. The first-order chi connectivity index (χ1) is 17.0. The third-order valence-corrected chi connectivity index (χ3v) is 7.77. The van der Waals surface area contributed by atoms with Crippen LogP contribution in [-0.4, -0.2) is 9.97 Å². The number of benzene rings is 2. The second kappa shape index (κ2) is 11.6. The van der Waals surface area contributed by atoms with Crippen LogP contribution in [0.15, 0.2) is 79.1 Å². The van der Waals surface area contributed by atoms with E-state index in [1.807, 2.05) is 60.0 Å². The number of hydrogen-bond acceptors (Lipinski definition) is 3. The molecule has 1 radical (unpaired) electrons. The van der Waals surface area contributed by atoms with Crippen LogP contribution in [0.3, 0.4) is 0 Å². The van der Waals surface area contributed by atoms with Gasteiger partial charge in [0, 0.05) is 32.5 Å². The molecule has 1 aliphatic carbocycles. The third kappa shape index (κ3) is 5.83. The van der Waals surface area contributed by atoms with Crippen LogP contribution in [0.1, 0.15) is 49.6 Å².